The van der Waals surface area contributed by atoms with E-state index < -0.39 is 0 Å². The second-order valence-electron chi connectivity index (χ2n) is 5.25. The molecular weight excluding hydrogens is 222 g/mol. The van der Waals surface area contributed by atoms with Gasteiger partial charge in [-0.3, -0.25) is 4.57 Å². The number of para-hydroxylation sites is 1. The summed E-state index contributed by atoms with van der Waals surface area (Å²) in [6, 6.07) is 6.47. The van der Waals surface area contributed by atoms with Gasteiger partial charge in [-0.2, -0.15) is 0 Å². The summed E-state index contributed by atoms with van der Waals surface area (Å²) >= 11 is 0. The van der Waals surface area contributed by atoms with Crippen molar-refractivity contribution in [2.24, 2.45) is 0 Å². The average molecular weight is 243 g/mol. The molecule has 0 bridgehead atoms. The van der Waals surface area contributed by atoms with Gasteiger partial charge in [-0.25, -0.2) is 4.98 Å². The first-order valence-electron chi connectivity index (χ1n) is 6.44. The molecule has 18 heavy (non-hydrogen) atoms. The summed E-state index contributed by atoms with van der Waals surface area (Å²) in [5.41, 5.74) is 9.78. The Bertz CT molecular complexity index is 512. The molecule has 2 rings (SSSR count). The van der Waals surface area contributed by atoms with Gasteiger partial charge in [0, 0.05) is 12.4 Å². The van der Waals surface area contributed by atoms with Crippen LogP contribution in [0.15, 0.2) is 30.6 Å². The number of nitrogens with two attached hydrogens (primary N) is 1. The van der Waals surface area contributed by atoms with Crippen LogP contribution in [0.2, 0.25) is 0 Å². The van der Waals surface area contributed by atoms with Crippen LogP contribution in [0, 0.1) is 0 Å². The summed E-state index contributed by atoms with van der Waals surface area (Å²) in [6.07, 6.45) is 3.68. The van der Waals surface area contributed by atoms with Crippen LogP contribution in [-0.2, 0) is 0 Å². The number of imidazole rings is 1. The summed E-state index contributed by atoms with van der Waals surface area (Å²) in [4.78, 5) is 4.13. The largest absolute Gasteiger partial charge is 0.369 e. The fraction of sp³-hybridized carbons (Fsp3) is 0.400. The number of nitrogen functional groups attached to an aromatic ring is 1. The van der Waals surface area contributed by atoms with E-state index in [1.165, 1.54) is 16.8 Å². The van der Waals surface area contributed by atoms with Crippen molar-refractivity contribution in [3.63, 3.8) is 0 Å². The van der Waals surface area contributed by atoms with E-state index in [-0.39, 0.29) is 0 Å². The smallest absolute Gasteiger partial charge is 0.204 e. The molecule has 2 aromatic rings. The molecule has 0 saturated heterocycles. The maximum atomic E-state index is 5.96. The minimum absolute atomic E-state index is 0.459. The van der Waals surface area contributed by atoms with Crippen molar-refractivity contribution < 1.29 is 0 Å². The minimum Gasteiger partial charge on any atom is -0.369 e. The lowest BCUT2D eigenvalue weighted by atomic mass is 9.92. The molecule has 3 nitrogen and oxygen atoms in total. The lowest BCUT2D eigenvalue weighted by Gasteiger charge is -2.20. The van der Waals surface area contributed by atoms with Crippen LogP contribution < -0.4 is 5.73 Å². The Balaban J connectivity index is 2.72. The van der Waals surface area contributed by atoms with Gasteiger partial charge in [0.05, 0.1) is 5.69 Å². The molecule has 0 aliphatic rings. The second kappa shape index (κ2) is 4.84. The molecule has 0 amide bonds. The Morgan fingerprint density at radius 3 is 2.00 bits per heavy atom. The van der Waals surface area contributed by atoms with Crippen LogP contribution in [0.5, 0.6) is 0 Å². The molecule has 3 heteroatoms. The predicted octanol–water partition coefficient (Wildman–Crippen LogP) is 3.70. The van der Waals surface area contributed by atoms with Crippen molar-refractivity contribution >= 4 is 5.95 Å². The maximum Gasteiger partial charge on any atom is 0.204 e. The van der Waals surface area contributed by atoms with Crippen LogP contribution in [0.25, 0.3) is 5.69 Å². The molecule has 2 N–H and O–H groups in total. The van der Waals surface area contributed by atoms with E-state index in [9.17, 15) is 0 Å². The van der Waals surface area contributed by atoms with Crippen molar-refractivity contribution in [1.82, 2.24) is 9.55 Å². The summed E-state index contributed by atoms with van der Waals surface area (Å²) in [7, 11) is 0. The number of aromatic nitrogens is 2. The van der Waals surface area contributed by atoms with Crippen LogP contribution >= 0.6 is 0 Å². The zero-order valence-electron chi connectivity index (χ0n) is 11.5. The van der Waals surface area contributed by atoms with E-state index in [0.717, 1.165) is 0 Å². The molecule has 0 unspecified atom stereocenters. The number of hydrogen-bond acceptors (Lipinski definition) is 2. The highest BCUT2D eigenvalue weighted by atomic mass is 15.1. The van der Waals surface area contributed by atoms with Gasteiger partial charge in [0.15, 0.2) is 0 Å². The monoisotopic (exact) mass is 243 g/mol. The minimum atomic E-state index is 0.459. The molecule has 96 valence electrons. The van der Waals surface area contributed by atoms with E-state index in [0.29, 0.717) is 17.8 Å². The van der Waals surface area contributed by atoms with Crippen LogP contribution in [0.3, 0.4) is 0 Å². The van der Waals surface area contributed by atoms with Crippen LogP contribution in [0.1, 0.15) is 50.7 Å². The fourth-order valence-electron chi connectivity index (χ4n) is 2.29. The predicted molar refractivity (Wildman–Crippen MR) is 76.2 cm³/mol. The van der Waals surface area contributed by atoms with E-state index in [1.54, 1.807) is 6.20 Å². The molecule has 0 fully saturated rings. The summed E-state index contributed by atoms with van der Waals surface area (Å²) in [5, 5.41) is 0. The maximum absolute atomic E-state index is 5.96. The molecule has 0 spiro atoms. The van der Waals surface area contributed by atoms with Crippen molar-refractivity contribution in [1.29, 1.82) is 0 Å². The van der Waals surface area contributed by atoms with Crippen molar-refractivity contribution in [2.75, 3.05) is 5.73 Å². The quantitative estimate of drug-likeness (QED) is 0.893. The highest BCUT2D eigenvalue weighted by molar-refractivity contribution is 5.54. The average Bonchev–Trinajstić information content (AvgIpc) is 2.74. The summed E-state index contributed by atoms with van der Waals surface area (Å²) < 4.78 is 1.99. The van der Waals surface area contributed by atoms with Gasteiger partial charge in [0.25, 0.3) is 0 Å². The molecule has 0 atom stereocenters. The first kappa shape index (κ1) is 12.7. The van der Waals surface area contributed by atoms with Crippen molar-refractivity contribution in [3.05, 3.63) is 41.7 Å². The SMILES string of the molecule is CC(C)c1cccc(C(C)C)c1-n1ccnc1N. The van der Waals surface area contributed by atoms with Gasteiger partial charge in [0.2, 0.25) is 5.95 Å². The molecule has 0 aliphatic carbocycles. The van der Waals surface area contributed by atoms with E-state index in [4.69, 9.17) is 5.73 Å². The molecule has 0 aliphatic heterocycles. The zero-order valence-corrected chi connectivity index (χ0v) is 11.5. The molecule has 1 heterocycles. The highest BCUT2D eigenvalue weighted by Crippen LogP contribution is 2.31. The Labute approximate surface area is 109 Å². The number of benzene rings is 1. The van der Waals surface area contributed by atoms with E-state index >= 15 is 0 Å². The molecule has 0 radical (unpaired) electrons. The van der Waals surface area contributed by atoms with Gasteiger partial charge in [-0.05, 0) is 23.0 Å². The first-order valence-corrected chi connectivity index (χ1v) is 6.44. The number of anilines is 1. The van der Waals surface area contributed by atoms with Gasteiger partial charge in [0.1, 0.15) is 0 Å². The van der Waals surface area contributed by atoms with E-state index in [2.05, 4.69) is 50.9 Å². The first-order chi connectivity index (χ1) is 8.52. The Morgan fingerprint density at radius 2 is 1.61 bits per heavy atom. The van der Waals surface area contributed by atoms with Crippen LogP contribution in [0.4, 0.5) is 5.95 Å². The summed E-state index contributed by atoms with van der Waals surface area (Å²) in [5.74, 6) is 1.46. The van der Waals surface area contributed by atoms with Gasteiger partial charge >= 0.3 is 0 Å². The van der Waals surface area contributed by atoms with Gasteiger partial charge in [-0.15, -0.1) is 0 Å². The number of hydrogen-bond donors (Lipinski definition) is 1. The second-order valence-corrected chi connectivity index (χ2v) is 5.25. The Kier molecular flexibility index (Phi) is 3.41. The third-order valence-electron chi connectivity index (χ3n) is 3.25. The lowest BCUT2D eigenvalue weighted by molar-refractivity contribution is 0.807. The lowest BCUT2D eigenvalue weighted by Crippen LogP contribution is -2.08. The third kappa shape index (κ3) is 2.13. The molecule has 1 aromatic heterocycles. The van der Waals surface area contributed by atoms with E-state index in [1.807, 2.05) is 10.8 Å². The molecule has 1 aromatic carbocycles. The number of rotatable bonds is 3. The normalized spacial score (nSPS) is 11.4. The fourth-order valence-corrected chi connectivity index (χ4v) is 2.29. The standard InChI is InChI=1S/C15H21N3/c1-10(2)12-6-5-7-13(11(3)4)14(12)18-9-8-17-15(18)16/h5-11H,1-4H3,(H2,16,17). The highest BCUT2D eigenvalue weighted by Gasteiger charge is 2.16. The molecular formula is C15H21N3. The summed E-state index contributed by atoms with van der Waals surface area (Å²) in [6.45, 7) is 8.82. The topological polar surface area (TPSA) is 43.8 Å². The van der Waals surface area contributed by atoms with Crippen molar-refractivity contribution in [3.8, 4) is 5.69 Å². The number of nitrogens with zero attached hydrogens (tertiary/aromatic N) is 2. The van der Waals surface area contributed by atoms with Crippen LogP contribution in [-0.4, -0.2) is 9.55 Å². The van der Waals surface area contributed by atoms with Crippen molar-refractivity contribution in [2.45, 2.75) is 39.5 Å². The zero-order chi connectivity index (χ0) is 13.3. The third-order valence-corrected chi connectivity index (χ3v) is 3.25. The Hall–Kier alpha value is -1.77. The Morgan fingerprint density at radius 1 is 1.06 bits per heavy atom. The molecule has 0 saturated carbocycles. The van der Waals surface area contributed by atoms with Gasteiger partial charge in [-0.1, -0.05) is 45.9 Å². The van der Waals surface area contributed by atoms with Gasteiger partial charge < -0.3 is 5.73 Å².